The molecule has 1 saturated heterocycles. The first-order valence-corrected chi connectivity index (χ1v) is 10.8. The molecule has 2 fully saturated rings. The number of amides is 1. The minimum Gasteiger partial charge on any atom is -0.496 e. The van der Waals surface area contributed by atoms with Crippen LogP contribution in [0.4, 0.5) is 0 Å². The normalized spacial score (nSPS) is 33.9. The number of nitrogens with one attached hydrogen (secondary N) is 1. The molecular weight excluding hydrogens is 370 g/mol. The number of ether oxygens (including phenoxy) is 4. The smallest absolute Gasteiger partial charge is 0.217 e. The number of carbonyl (C=O) groups is 1. The Labute approximate surface area is 173 Å². The molecule has 1 amide bonds. The van der Waals surface area contributed by atoms with Gasteiger partial charge >= 0.3 is 0 Å². The number of rotatable bonds is 3. The number of carbonyl (C=O) groups excluding carboxylic acids is 1. The first-order chi connectivity index (χ1) is 13.9. The summed E-state index contributed by atoms with van der Waals surface area (Å²) in [5, 5.41) is 3.27. The van der Waals surface area contributed by atoms with Gasteiger partial charge < -0.3 is 24.3 Å². The van der Waals surface area contributed by atoms with Crippen molar-refractivity contribution >= 4 is 5.91 Å². The standard InChI is InChI=1S/C23H33NO5/c1-14-6-7-17-19(10-14)29-22(13-23(17,3)24-15(2)25)16-11-20-21(12-18(16)26-4)28-9-5-8-27-20/h11-12,14,17,19,22H,5-10,13H2,1-4H3,(H,24,25)/t14-,17-,19-,22-,23-/m1/s1. The van der Waals surface area contributed by atoms with Crippen LogP contribution in [0, 0.1) is 11.8 Å². The quantitative estimate of drug-likeness (QED) is 0.826. The van der Waals surface area contributed by atoms with Crippen LogP contribution in [0.25, 0.3) is 0 Å². The zero-order valence-corrected chi connectivity index (χ0v) is 18.0. The average molecular weight is 404 g/mol. The van der Waals surface area contributed by atoms with Gasteiger partial charge in [-0.2, -0.15) is 0 Å². The second-order valence-corrected chi connectivity index (χ2v) is 9.08. The molecule has 0 aromatic heterocycles. The molecule has 2 aliphatic heterocycles. The molecule has 4 rings (SSSR count). The Morgan fingerprint density at radius 3 is 2.62 bits per heavy atom. The summed E-state index contributed by atoms with van der Waals surface area (Å²) in [5.41, 5.74) is 0.652. The second kappa shape index (κ2) is 8.05. The van der Waals surface area contributed by atoms with E-state index < -0.39 is 0 Å². The molecule has 5 atom stereocenters. The zero-order valence-electron chi connectivity index (χ0n) is 18.0. The van der Waals surface area contributed by atoms with Crippen molar-refractivity contribution in [2.75, 3.05) is 20.3 Å². The molecule has 6 heteroatoms. The predicted octanol–water partition coefficient (Wildman–Crippen LogP) is 4.02. The molecule has 2 heterocycles. The lowest BCUT2D eigenvalue weighted by atomic mass is 9.66. The van der Waals surface area contributed by atoms with Crippen molar-refractivity contribution in [1.82, 2.24) is 5.32 Å². The molecule has 1 aromatic rings. The Bertz CT molecular complexity index is 766. The molecule has 3 aliphatic rings. The van der Waals surface area contributed by atoms with E-state index in [0.29, 0.717) is 37.2 Å². The molecule has 0 bridgehead atoms. The fourth-order valence-corrected chi connectivity index (χ4v) is 5.37. The van der Waals surface area contributed by atoms with Crippen molar-refractivity contribution in [3.63, 3.8) is 0 Å². The molecule has 1 saturated carbocycles. The summed E-state index contributed by atoms with van der Waals surface area (Å²) in [7, 11) is 1.67. The Balaban J connectivity index is 1.70. The maximum Gasteiger partial charge on any atom is 0.217 e. The zero-order chi connectivity index (χ0) is 20.6. The van der Waals surface area contributed by atoms with Gasteiger partial charge in [0.05, 0.1) is 32.5 Å². The first kappa shape index (κ1) is 20.3. The van der Waals surface area contributed by atoms with E-state index in [2.05, 4.69) is 19.2 Å². The van der Waals surface area contributed by atoms with Gasteiger partial charge in [-0.15, -0.1) is 0 Å². The summed E-state index contributed by atoms with van der Waals surface area (Å²) < 4.78 is 24.1. The van der Waals surface area contributed by atoms with E-state index in [4.69, 9.17) is 18.9 Å². The fourth-order valence-electron chi connectivity index (χ4n) is 5.37. The highest BCUT2D eigenvalue weighted by molar-refractivity contribution is 5.74. The lowest BCUT2D eigenvalue weighted by molar-refractivity contribution is -0.153. The van der Waals surface area contributed by atoms with E-state index in [0.717, 1.165) is 36.3 Å². The lowest BCUT2D eigenvalue weighted by Crippen LogP contribution is -2.60. The molecule has 6 nitrogen and oxygen atoms in total. The first-order valence-electron chi connectivity index (χ1n) is 10.8. The molecule has 0 unspecified atom stereocenters. The van der Waals surface area contributed by atoms with E-state index in [-0.39, 0.29) is 23.7 Å². The van der Waals surface area contributed by atoms with Gasteiger partial charge in [-0.3, -0.25) is 4.79 Å². The average Bonchev–Trinajstić information content (AvgIpc) is 2.90. The highest BCUT2D eigenvalue weighted by Crippen LogP contribution is 2.50. The Morgan fingerprint density at radius 1 is 1.21 bits per heavy atom. The van der Waals surface area contributed by atoms with Crippen molar-refractivity contribution in [2.45, 2.75) is 70.6 Å². The molecular formula is C23H33NO5. The van der Waals surface area contributed by atoms with Gasteiger partial charge in [0.1, 0.15) is 5.75 Å². The van der Waals surface area contributed by atoms with Crippen LogP contribution in [0.1, 0.15) is 64.5 Å². The van der Waals surface area contributed by atoms with Gasteiger partial charge in [0, 0.05) is 42.9 Å². The SMILES string of the molecule is COc1cc2c(cc1[C@H]1C[C@@](C)(NC(C)=O)[C@@H]3CC[C@@H](C)C[C@H]3O1)OCCCO2. The van der Waals surface area contributed by atoms with Crippen molar-refractivity contribution in [1.29, 1.82) is 0 Å². The number of hydrogen-bond donors (Lipinski definition) is 1. The van der Waals surface area contributed by atoms with Gasteiger partial charge in [-0.1, -0.05) is 13.3 Å². The van der Waals surface area contributed by atoms with Crippen LogP contribution >= 0.6 is 0 Å². The van der Waals surface area contributed by atoms with Gasteiger partial charge in [0.25, 0.3) is 0 Å². The lowest BCUT2D eigenvalue weighted by Gasteiger charge is -2.52. The Hall–Kier alpha value is -1.95. The monoisotopic (exact) mass is 403 g/mol. The maximum absolute atomic E-state index is 12.0. The number of benzene rings is 1. The fraction of sp³-hybridized carbons (Fsp3) is 0.696. The number of fused-ring (bicyclic) bond motifs is 2. The molecule has 29 heavy (non-hydrogen) atoms. The van der Waals surface area contributed by atoms with Crippen LogP contribution in [0.15, 0.2) is 12.1 Å². The van der Waals surface area contributed by atoms with E-state index >= 15 is 0 Å². The molecule has 160 valence electrons. The maximum atomic E-state index is 12.0. The van der Waals surface area contributed by atoms with E-state index in [1.165, 1.54) is 6.42 Å². The van der Waals surface area contributed by atoms with E-state index in [9.17, 15) is 4.79 Å². The van der Waals surface area contributed by atoms with Crippen LogP contribution in [0.5, 0.6) is 17.2 Å². The minimum atomic E-state index is -0.311. The van der Waals surface area contributed by atoms with Gasteiger partial charge in [-0.25, -0.2) is 0 Å². The van der Waals surface area contributed by atoms with Gasteiger partial charge in [0.2, 0.25) is 5.91 Å². The summed E-state index contributed by atoms with van der Waals surface area (Å²) in [6.07, 6.45) is 4.78. The summed E-state index contributed by atoms with van der Waals surface area (Å²) in [4.78, 5) is 12.0. The topological polar surface area (TPSA) is 66.0 Å². The number of methoxy groups -OCH3 is 1. The summed E-state index contributed by atoms with van der Waals surface area (Å²) in [6, 6.07) is 3.91. The van der Waals surface area contributed by atoms with Crippen LogP contribution in [0.2, 0.25) is 0 Å². The second-order valence-electron chi connectivity index (χ2n) is 9.08. The van der Waals surface area contributed by atoms with Crippen molar-refractivity contribution in [3.05, 3.63) is 17.7 Å². The summed E-state index contributed by atoms with van der Waals surface area (Å²) >= 11 is 0. The minimum absolute atomic E-state index is 0.0103. The van der Waals surface area contributed by atoms with Gasteiger partial charge in [0.15, 0.2) is 11.5 Å². The third-order valence-electron chi connectivity index (χ3n) is 6.73. The van der Waals surface area contributed by atoms with Crippen LogP contribution < -0.4 is 19.5 Å². The summed E-state index contributed by atoms with van der Waals surface area (Å²) in [6.45, 7) is 7.33. The van der Waals surface area contributed by atoms with Crippen molar-refractivity contribution < 1.29 is 23.7 Å². The van der Waals surface area contributed by atoms with Crippen LogP contribution in [-0.2, 0) is 9.53 Å². The third-order valence-corrected chi connectivity index (χ3v) is 6.73. The number of hydrogen-bond acceptors (Lipinski definition) is 5. The molecule has 0 spiro atoms. The molecule has 1 aromatic carbocycles. The van der Waals surface area contributed by atoms with Crippen molar-refractivity contribution in [2.24, 2.45) is 11.8 Å². The third kappa shape index (κ3) is 4.04. The highest BCUT2D eigenvalue weighted by atomic mass is 16.5. The highest BCUT2D eigenvalue weighted by Gasteiger charge is 2.49. The molecule has 0 radical (unpaired) electrons. The summed E-state index contributed by atoms with van der Waals surface area (Å²) in [5.74, 6) is 3.16. The largest absolute Gasteiger partial charge is 0.496 e. The molecule has 1 aliphatic carbocycles. The van der Waals surface area contributed by atoms with E-state index in [1.54, 1.807) is 14.0 Å². The van der Waals surface area contributed by atoms with Crippen LogP contribution in [-0.4, -0.2) is 37.9 Å². The van der Waals surface area contributed by atoms with E-state index in [1.807, 2.05) is 12.1 Å². The Kier molecular flexibility index (Phi) is 5.65. The predicted molar refractivity (Wildman–Crippen MR) is 110 cm³/mol. The molecule has 1 N–H and O–H groups in total. The van der Waals surface area contributed by atoms with Crippen LogP contribution in [0.3, 0.4) is 0 Å². The van der Waals surface area contributed by atoms with Crippen molar-refractivity contribution in [3.8, 4) is 17.2 Å². The van der Waals surface area contributed by atoms with Gasteiger partial charge in [-0.05, 0) is 31.7 Å². The Morgan fingerprint density at radius 2 is 1.93 bits per heavy atom.